The number of carbonyl (C=O) groups is 1. The van der Waals surface area contributed by atoms with E-state index in [9.17, 15) is 15.2 Å². The Balaban J connectivity index is 2.04. The normalized spacial score (nSPS) is 19.4. The van der Waals surface area contributed by atoms with Crippen LogP contribution in [0, 0.1) is 11.3 Å². The molecule has 2 rings (SSSR count). The molecule has 4 heteroatoms. The van der Waals surface area contributed by atoms with Gasteiger partial charge in [0.15, 0.2) is 5.60 Å². The lowest BCUT2D eigenvalue weighted by Gasteiger charge is -2.29. The number of ether oxygens (including phenoxy) is 1. The molecule has 0 bridgehead atoms. The zero-order valence-corrected chi connectivity index (χ0v) is 15.4. The van der Waals surface area contributed by atoms with Crippen LogP contribution in [0.2, 0.25) is 0 Å². The summed E-state index contributed by atoms with van der Waals surface area (Å²) >= 11 is 0. The van der Waals surface area contributed by atoms with Crippen molar-refractivity contribution in [3.8, 4) is 6.07 Å². The molecule has 4 nitrogen and oxygen atoms in total. The van der Waals surface area contributed by atoms with Crippen LogP contribution < -0.4 is 0 Å². The summed E-state index contributed by atoms with van der Waals surface area (Å²) in [6.45, 7) is 2.70. The Morgan fingerprint density at radius 2 is 1.88 bits per heavy atom. The van der Waals surface area contributed by atoms with E-state index in [4.69, 9.17) is 4.74 Å². The molecule has 0 saturated carbocycles. The highest BCUT2D eigenvalue weighted by atomic mass is 16.5. The number of benzene rings is 1. The van der Waals surface area contributed by atoms with E-state index in [2.05, 4.69) is 13.0 Å². The van der Waals surface area contributed by atoms with Crippen LogP contribution in [0.15, 0.2) is 48.1 Å². The van der Waals surface area contributed by atoms with Crippen LogP contribution >= 0.6 is 0 Å². The van der Waals surface area contributed by atoms with Gasteiger partial charge in [0.05, 0.1) is 5.57 Å². The minimum atomic E-state index is -1.09. The number of nitriles is 1. The third-order valence-electron chi connectivity index (χ3n) is 4.68. The van der Waals surface area contributed by atoms with Crippen molar-refractivity contribution < 1.29 is 14.6 Å². The second-order valence-corrected chi connectivity index (χ2v) is 6.69. The molecule has 1 unspecified atom stereocenters. The molecule has 0 radical (unpaired) electrons. The molecule has 138 valence electrons. The van der Waals surface area contributed by atoms with Crippen molar-refractivity contribution in [2.45, 2.75) is 57.5 Å². The monoisotopic (exact) mass is 353 g/mol. The van der Waals surface area contributed by atoms with Gasteiger partial charge in [-0.2, -0.15) is 5.26 Å². The number of unbranched alkanes of at least 4 members (excludes halogenated alkanes) is 5. The summed E-state index contributed by atoms with van der Waals surface area (Å²) in [6, 6.07) is 11.6. The van der Waals surface area contributed by atoms with Crippen LogP contribution in [0.1, 0.15) is 57.4 Å². The molecular formula is C22H27NO3. The minimum absolute atomic E-state index is 0.227. The lowest BCUT2D eigenvalue weighted by atomic mass is 9.83. The molecule has 1 aromatic rings. The molecule has 1 N–H and O–H groups in total. The Hall–Kier alpha value is -2.38. The van der Waals surface area contributed by atoms with Gasteiger partial charge in [-0.05, 0) is 29.7 Å². The molecule has 26 heavy (non-hydrogen) atoms. The van der Waals surface area contributed by atoms with Gasteiger partial charge < -0.3 is 9.84 Å². The second kappa shape index (κ2) is 9.94. The van der Waals surface area contributed by atoms with E-state index in [0.29, 0.717) is 12.2 Å². The average Bonchev–Trinajstić information content (AvgIpc) is 2.67. The van der Waals surface area contributed by atoms with E-state index in [1.165, 1.54) is 31.8 Å². The van der Waals surface area contributed by atoms with Crippen molar-refractivity contribution in [2.24, 2.45) is 0 Å². The SMILES string of the molecule is CCCCCCCCOC1(C#N)C=CC(C(=O)O)=C(c2ccccc2)C1. The van der Waals surface area contributed by atoms with Crippen molar-refractivity contribution in [1.29, 1.82) is 5.26 Å². The van der Waals surface area contributed by atoms with Crippen LogP contribution in [-0.4, -0.2) is 23.3 Å². The Morgan fingerprint density at radius 3 is 2.54 bits per heavy atom. The summed E-state index contributed by atoms with van der Waals surface area (Å²) in [5.74, 6) is -0.984. The number of aliphatic carboxylic acids is 1. The van der Waals surface area contributed by atoms with Gasteiger partial charge in [-0.15, -0.1) is 0 Å². The lowest BCUT2D eigenvalue weighted by molar-refractivity contribution is -0.132. The van der Waals surface area contributed by atoms with Crippen molar-refractivity contribution in [3.63, 3.8) is 0 Å². The lowest BCUT2D eigenvalue weighted by Crippen LogP contribution is -2.32. The summed E-state index contributed by atoms with van der Waals surface area (Å²) in [5.41, 5.74) is 0.598. The van der Waals surface area contributed by atoms with E-state index in [0.717, 1.165) is 18.4 Å². The topological polar surface area (TPSA) is 70.3 Å². The predicted octanol–water partition coefficient (Wildman–Crippen LogP) is 5.12. The fourth-order valence-corrected chi connectivity index (χ4v) is 3.18. The molecule has 0 aliphatic heterocycles. The fourth-order valence-electron chi connectivity index (χ4n) is 3.18. The third-order valence-corrected chi connectivity index (χ3v) is 4.68. The second-order valence-electron chi connectivity index (χ2n) is 6.69. The van der Waals surface area contributed by atoms with Crippen LogP contribution in [0.4, 0.5) is 0 Å². The van der Waals surface area contributed by atoms with E-state index >= 15 is 0 Å². The van der Waals surface area contributed by atoms with Gasteiger partial charge in [0.1, 0.15) is 6.07 Å². The highest BCUT2D eigenvalue weighted by molar-refractivity contribution is 6.00. The summed E-state index contributed by atoms with van der Waals surface area (Å²) in [4.78, 5) is 11.6. The first-order valence-corrected chi connectivity index (χ1v) is 9.38. The maximum Gasteiger partial charge on any atom is 0.335 e. The van der Waals surface area contributed by atoms with Gasteiger partial charge in [0, 0.05) is 13.0 Å². The van der Waals surface area contributed by atoms with Crippen molar-refractivity contribution in [2.75, 3.05) is 6.61 Å². The van der Waals surface area contributed by atoms with Crippen LogP contribution in [0.25, 0.3) is 5.57 Å². The van der Waals surface area contributed by atoms with Crippen molar-refractivity contribution >= 4 is 11.5 Å². The van der Waals surface area contributed by atoms with Crippen LogP contribution in [0.5, 0.6) is 0 Å². The highest BCUT2D eigenvalue weighted by Gasteiger charge is 2.35. The molecule has 1 aliphatic rings. The number of carboxylic acids is 1. The number of nitrogens with zero attached hydrogens (tertiary/aromatic N) is 1. The summed E-state index contributed by atoms with van der Waals surface area (Å²) in [6.07, 6.45) is 10.3. The predicted molar refractivity (Wildman–Crippen MR) is 102 cm³/mol. The molecule has 0 heterocycles. The number of rotatable bonds is 10. The van der Waals surface area contributed by atoms with E-state index in [1.54, 1.807) is 6.08 Å². The fraction of sp³-hybridized carbons (Fsp3) is 0.455. The molecule has 1 aliphatic carbocycles. The average molecular weight is 353 g/mol. The maximum atomic E-state index is 11.6. The summed E-state index contributed by atoms with van der Waals surface area (Å²) in [7, 11) is 0. The number of hydrogen-bond acceptors (Lipinski definition) is 3. The Bertz CT molecular complexity index is 700. The standard InChI is InChI=1S/C22H27NO3/c1-2-3-4-5-6-10-15-26-22(17-23)14-13-19(21(24)25)20(16-22)18-11-8-7-9-12-18/h7-9,11-14H,2-6,10,15-16H2,1H3,(H,24,25). The minimum Gasteiger partial charge on any atom is -0.478 e. The first-order valence-electron chi connectivity index (χ1n) is 9.38. The molecular weight excluding hydrogens is 326 g/mol. The summed E-state index contributed by atoms with van der Waals surface area (Å²) in [5, 5.41) is 19.2. The quantitative estimate of drug-likeness (QED) is 0.592. The smallest absolute Gasteiger partial charge is 0.335 e. The first-order chi connectivity index (χ1) is 12.6. The molecule has 0 fully saturated rings. The van der Waals surface area contributed by atoms with E-state index in [1.807, 2.05) is 30.3 Å². The number of hydrogen-bond donors (Lipinski definition) is 1. The third kappa shape index (κ3) is 5.31. The molecule has 0 spiro atoms. The zero-order valence-electron chi connectivity index (χ0n) is 15.4. The Kier molecular flexibility index (Phi) is 7.62. The van der Waals surface area contributed by atoms with Gasteiger partial charge in [0.25, 0.3) is 0 Å². The Labute approximate surface area is 155 Å². The number of carboxylic acid groups (broad SMARTS) is 1. The first kappa shape index (κ1) is 19.9. The van der Waals surface area contributed by atoms with Crippen molar-refractivity contribution in [3.05, 3.63) is 53.6 Å². The molecule has 1 aromatic carbocycles. The van der Waals surface area contributed by atoms with E-state index in [-0.39, 0.29) is 12.0 Å². The molecule has 0 saturated heterocycles. The van der Waals surface area contributed by atoms with Gasteiger partial charge in [-0.3, -0.25) is 0 Å². The molecule has 0 aromatic heterocycles. The van der Waals surface area contributed by atoms with Crippen molar-refractivity contribution in [1.82, 2.24) is 0 Å². The molecule has 0 amide bonds. The highest BCUT2D eigenvalue weighted by Crippen LogP contribution is 2.36. The maximum absolute atomic E-state index is 11.6. The van der Waals surface area contributed by atoms with Gasteiger partial charge in [-0.1, -0.05) is 69.4 Å². The zero-order chi connectivity index (χ0) is 18.8. The van der Waals surface area contributed by atoms with Crippen LogP contribution in [0.3, 0.4) is 0 Å². The van der Waals surface area contributed by atoms with Gasteiger partial charge in [0.2, 0.25) is 0 Å². The Morgan fingerprint density at radius 1 is 1.19 bits per heavy atom. The van der Waals surface area contributed by atoms with Gasteiger partial charge in [-0.25, -0.2) is 4.79 Å². The largest absolute Gasteiger partial charge is 0.478 e. The van der Waals surface area contributed by atoms with Crippen LogP contribution in [-0.2, 0) is 9.53 Å². The van der Waals surface area contributed by atoms with E-state index < -0.39 is 11.6 Å². The van der Waals surface area contributed by atoms with Gasteiger partial charge >= 0.3 is 5.97 Å². The molecule has 1 atom stereocenters. The summed E-state index contributed by atoms with van der Waals surface area (Å²) < 4.78 is 5.93.